The van der Waals surface area contributed by atoms with Crippen molar-refractivity contribution in [3.63, 3.8) is 0 Å². The Morgan fingerprint density at radius 3 is 2.68 bits per heavy atom. The Labute approximate surface area is 161 Å². The summed E-state index contributed by atoms with van der Waals surface area (Å²) in [6.07, 6.45) is 0.386. The molecular weight excluding hydrogens is 366 g/mol. The first-order valence-electron chi connectivity index (χ1n) is 8.42. The Kier molecular flexibility index (Phi) is 6.72. The molecule has 2 amide bonds. The summed E-state index contributed by atoms with van der Waals surface area (Å²) < 4.78 is 11.0. The van der Waals surface area contributed by atoms with Crippen molar-refractivity contribution in [2.45, 2.75) is 32.6 Å². The van der Waals surface area contributed by atoms with Crippen LogP contribution < -0.4 is 21.5 Å². The van der Waals surface area contributed by atoms with Crippen molar-refractivity contribution in [1.82, 2.24) is 10.3 Å². The number of aliphatic imine (C=N–C) groups is 1. The van der Waals surface area contributed by atoms with Crippen molar-refractivity contribution in [1.29, 1.82) is 0 Å². The predicted molar refractivity (Wildman–Crippen MR) is 102 cm³/mol. The topological polar surface area (TPSA) is 166 Å². The van der Waals surface area contributed by atoms with Gasteiger partial charge in [-0.3, -0.25) is 14.6 Å². The number of primary amides is 1. The number of ether oxygens (including phenoxy) is 1. The molecule has 1 aromatic heterocycles. The lowest BCUT2D eigenvalue weighted by molar-refractivity contribution is -0.126. The van der Waals surface area contributed by atoms with E-state index in [1.807, 2.05) is 0 Å². The summed E-state index contributed by atoms with van der Waals surface area (Å²) in [5.41, 5.74) is 11.7. The Balaban J connectivity index is 2.20. The van der Waals surface area contributed by atoms with Crippen LogP contribution in [0.1, 0.15) is 24.1 Å². The Hall–Kier alpha value is -3.40. The van der Waals surface area contributed by atoms with E-state index in [-0.39, 0.29) is 18.0 Å². The summed E-state index contributed by atoms with van der Waals surface area (Å²) >= 11 is 0. The Morgan fingerprint density at radius 2 is 2.14 bits per heavy atom. The number of oxazole rings is 1. The fraction of sp³-hybridized carbons (Fsp3) is 0.333. The van der Waals surface area contributed by atoms with Crippen LogP contribution in [0.2, 0.25) is 0 Å². The molecule has 0 radical (unpaired) electrons. The molecule has 0 saturated carbocycles. The number of nitrogens with zero attached hydrogens (tertiary/aromatic N) is 2. The molecule has 150 valence electrons. The zero-order valence-corrected chi connectivity index (χ0v) is 15.8. The molecule has 1 heterocycles. The second kappa shape index (κ2) is 9.00. The van der Waals surface area contributed by atoms with E-state index in [1.165, 1.54) is 14.0 Å². The summed E-state index contributed by atoms with van der Waals surface area (Å²) in [6.45, 7) is 3.20. The van der Waals surface area contributed by atoms with Gasteiger partial charge in [-0.15, -0.1) is 0 Å². The lowest BCUT2D eigenvalue weighted by atomic mass is 10.1. The smallest absolute Gasteiger partial charge is 0.270 e. The van der Waals surface area contributed by atoms with Crippen molar-refractivity contribution in [3.8, 4) is 5.75 Å². The van der Waals surface area contributed by atoms with Crippen LogP contribution in [0.25, 0.3) is 0 Å². The number of nitrogen functional groups attached to an aromatic ring is 1. The van der Waals surface area contributed by atoms with Gasteiger partial charge in [0.25, 0.3) is 5.91 Å². The maximum Gasteiger partial charge on any atom is 0.270 e. The fourth-order valence-corrected chi connectivity index (χ4v) is 2.44. The second-order valence-corrected chi connectivity index (χ2v) is 6.05. The number of nitrogens with two attached hydrogens (primary N) is 2. The van der Waals surface area contributed by atoms with Gasteiger partial charge in [-0.05, 0) is 25.1 Å². The van der Waals surface area contributed by atoms with E-state index in [2.05, 4.69) is 15.3 Å². The molecule has 0 bridgehead atoms. The third kappa shape index (κ3) is 5.07. The van der Waals surface area contributed by atoms with Gasteiger partial charge in [-0.1, -0.05) is 0 Å². The number of carbonyl (C=O) groups is 2. The van der Waals surface area contributed by atoms with E-state index in [9.17, 15) is 14.7 Å². The van der Waals surface area contributed by atoms with E-state index in [1.54, 1.807) is 31.3 Å². The van der Waals surface area contributed by atoms with Crippen molar-refractivity contribution in [2.24, 2.45) is 10.7 Å². The highest BCUT2D eigenvalue weighted by Gasteiger charge is 2.26. The molecule has 28 heavy (non-hydrogen) atoms. The molecule has 0 fully saturated rings. The van der Waals surface area contributed by atoms with Crippen LogP contribution in [-0.4, -0.2) is 46.8 Å². The van der Waals surface area contributed by atoms with Gasteiger partial charge in [0, 0.05) is 25.2 Å². The molecule has 0 aliphatic heterocycles. The molecule has 0 aliphatic rings. The van der Waals surface area contributed by atoms with Crippen LogP contribution in [0, 0.1) is 6.92 Å². The number of aliphatic hydroxyl groups excluding tert-OH is 1. The van der Waals surface area contributed by atoms with Crippen LogP contribution in [0.5, 0.6) is 5.75 Å². The van der Waals surface area contributed by atoms with Gasteiger partial charge in [-0.25, -0.2) is 4.98 Å². The Morgan fingerprint density at radius 1 is 1.43 bits per heavy atom. The molecule has 10 nitrogen and oxygen atoms in total. The van der Waals surface area contributed by atoms with Gasteiger partial charge in [0.15, 0.2) is 11.7 Å². The minimum Gasteiger partial charge on any atom is -0.486 e. The molecule has 0 aliphatic carbocycles. The lowest BCUT2D eigenvalue weighted by Gasteiger charge is -2.19. The normalized spacial score (nSPS) is 13.6. The third-order valence-corrected chi connectivity index (χ3v) is 3.84. The zero-order valence-electron chi connectivity index (χ0n) is 15.8. The third-order valence-electron chi connectivity index (χ3n) is 3.84. The largest absolute Gasteiger partial charge is 0.486 e. The predicted octanol–water partition coefficient (Wildman–Crippen LogP) is -0.0860. The summed E-state index contributed by atoms with van der Waals surface area (Å²) in [7, 11) is 1.40. The van der Waals surface area contributed by atoms with Gasteiger partial charge in [0.05, 0.1) is 12.3 Å². The summed E-state index contributed by atoms with van der Waals surface area (Å²) in [5.74, 6) is -0.0858. The average molecular weight is 389 g/mol. The first kappa shape index (κ1) is 20.9. The first-order valence-corrected chi connectivity index (χ1v) is 8.42. The number of carbonyl (C=O) groups excluding carboxylic acids is 2. The number of anilines is 1. The van der Waals surface area contributed by atoms with E-state index in [0.717, 1.165) is 0 Å². The minimum atomic E-state index is -1.26. The van der Waals surface area contributed by atoms with Crippen molar-refractivity contribution < 1.29 is 23.8 Å². The van der Waals surface area contributed by atoms with E-state index >= 15 is 0 Å². The van der Waals surface area contributed by atoms with Crippen molar-refractivity contribution >= 4 is 23.2 Å². The molecule has 0 saturated heterocycles. The van der Waals surface area contributed by atoms with E-state index in [0.29, 0.717) is 23.0 Å². The molecular formula is C18H23N5O5. The molecule has 10 heteroatoms. The highest BCUT2D eigenvalue weighted by molar-refractivity contribution is 6.46. The second-order valence-electron chi connectivity index (χ2n) is 6.05. The molecule has 1 aromatic carbocycles. The molecule has 2 atom stereocenters. The highest BCUT2D eigenvalue weighted by Crippen LogP contribution is 2.22. The Bertz CT molecular complexity index is 890. The van der Waals surface area contributed by atoms with Crippen LogP contribution in [0.4, 0.5) is 5.69 Å². The van der Waals surface area contributed by atoms with Gasteiger partial charge >= 0.3 is 0 Å². The summed E-state index contributed by atoms with van der Waals surface area (Å²) in [6, 6.07) is 3.48. The molecule has 2 aromatic rings. The van der Waals surface area contributed by atoms with Gasteiger partial charge < -0.3 is 31.0 Å². The molecule has 2 unspecified atom stereocenters. The molecule has 2 rings (SSSR count). The number of aliphatic hydroxyl groups is 1. The monoisotopic (exact) mass is 389 g/mol. The standard InChI is InChI=1S/C18H23N5O5/c1-9(24)15(17(20)25)23-18(26)16(21-3)13-6-11(4-5-14(13)19)27-8-12-7-22-10(2)28-12/h4-7,9,15,24H,8,19H2,1-3H3,(H2,20,25)(H,23,26). The number of hydrogen-bond acceptors (Lipinski definition) is 8. The molecule has 6 N–H and O–H groups in total. The quantitative estimate of drug-likeness (QED) is 0.362. The van der Waals surface area contributed by atoms with Crippen molar-refractivity contribution in [3.05, 3.63) is 41.6 Å². The highest BCUT2D eigenvalue weighted by atomic mass is 16.5. The van der Waals surface area contributed by atoms with Crippen LogP contribution >= 0.6 is 0 Å². The number of rotatable bonds is 8. The number of hydrogen-bond donors (Lipinski definition) is 4. The number of aromatic nitrogens is 1. The zero-order chi connectivity index (χ0) is 20.8. The molecule has 0 spiro atoms. The fourth-order valence-electron chi connectivity index (χ4n) is 2.44. The average Bonchev–Trinajstić information content (AvgIpc) is 3.05. The number of benzene rings is 1. The van der Waals surface area contributed by atoms with E-state index in [4.69, 9.17) is 20.6 Å². The number of nitrogens with one attached hydrogen (secondary N) is 1. The SMILES string of the molecule is CN=C(C(=O)NC(C(N)=O)C(C)O)c1cc(OCc2cnc(C)o2)ccc1N. The number of aryl methyl sites for hydroxylation is 1. The maximum absolute atomic E-state index is 12.6. The van der Waals surface area contributed by atoms with Gasteiger partial charge in [0.1, 0.15) is 24.1 Å². The van der Waals surface area contributed by atoms with Gasteiger partial charge in [-0.2, -0.15) is 0 Å². The van der Waals surface area contributed by atoms with E-state index < -0.39 is 24.0 Å². The van der Waals surface area contributed by atoms with Gasteiger partial charge in [0.2, 0.25) is 5.91 Å². The minimum absolute atomic E-state index is 0.0367. The van der Waals surface area contributed by atoms with Crippen LogP contribution in [-0.2, 0) is 16.2 Å². The lowest BCUT2D eigenvalue weighted by Crippen LogP contribution is -2.52. The van der Waals surface area contributed by atoms with Crippen LogP contribution in [0.15, 0.2) is 33.8 Å². The first-order chi connectivity index (χ1) is 13.2. The number of amides is 2. The summed E-state index contributed by atoms with van der Waals surface area (Å²) in [5, 5.41) is 12.0. The van der Waals surface area contributed by atoms with Crippen LogP contribution in [0.3, 0.4) is 0 Å². The summed E-state index contributed by atoms with van der Waals surface area (Å²) in [4.78, 5) is 31.9. The maximum atomic E-state index is 12.6. The van der Waals surface area contributed by atoms with Crippen molar-refractivity contribution in [2.75, 3.05) is 12.8 Å².